The first kappa shape index (κ1) is 19.8. The largest absolute Gasteiger partial charge is 0.501 e. The summed E-state index contributed by atoms with van der Waals surface area (Å²) in [5, 5.41) is 10.1. The van der Waals surface area contributed by atoms with Gasteiger partial charge in [-0.05, 0) is 35.4 Å². The summed E-state index contributed by atoms with van der Waals surface area (Å²) in [5.41, 5.74) is -1.10. The summed E-state index contributed by atoms with van der Waals surface area (Å²) in [7, 11) is -5.95. The Balaban J connectivity index is 2.36. The lowest BCUT2D eigenvalue weighted by molar-refractivity contribution is -0.0977. The molecule has 3 rings (SSSR count). The number of aliphatic hydroxyl groups is 1. The van der Waals surface area contributed by atoms with Crippen molar-refractivity contribution in [3.8, 4) is 11.1 Å². The molecule has 11 heteroatoms. The fourth-order valence-electron chi connectivity index (χ4n) is 3.05. The normalized spacial score (nSPS) is 19.1. The van der Waals surface area contributed by atoms with E-state index in [0.29, 0.717) is 6.07 Å². The minimum Gasteiger partial charge on any atom is -0.398 e. The Hall–Kier alpha value is -1.91. The molecule has 1 atom stereocenters. The monoisotopic (exact) mass is 427 g/mol. The van der Waals surface area contributed by atoms with Gasteiger partial charge >= 0.3 is 5.51 Å². The van der Waals surface area contributed by atoms with Crippen LogP contribution in [-0.4, -0.2) is 25.0 Å². The van der Waals surface area contributed by atoms with Crippen LogP contribution in [0.3, 0.4) is 0 Å². The van der Waals surface area contributed by atoms with Crippen molar-refractivity contribution in [2.24, 2.45) is 0 Å². The molecule has 146 valence electrons. The SMILES string of the molecule is Nc1ccc(Cl)cc1-c1ccc(S(=O)(=O)C(F)(F)F)c2c1CC(F)(F)[C@H]2O. The maximum absolute atomic E-state index is 14.1. The number of rotatable bonds is 2. The molecule has 1 aliphatic carbocycles. The van der Waals surface area contributed by atoms with Gasteiger partial charge in [-0.2, -0.15) is 13.2 Å². The number of hydrogen-bond donors (Lipinski definition) is 2. The van der Waals surface area contributed by atoms with E-state index in [-0.39, 0.29) is 21.8 Å². The summed E-state index contributed by atoms with van der Waals surface area (Å²) >= 11 is 5.87. The quantitative estimate of drug-likeness (QED) is 0.558. The van der Waals surface area contributed by atoms with Crippen molar-refractivity contribution >= 4 is 27.1 Å². The van der Waals surface area contributed by atoms with E-state index < -0.39 is 49.8 Å². The zero-order chi connectivity index (χ0) is 20.4. The number of alkyl halides is 5. The minimum absolute atomic E-state index is 0.0256. The van der Waals surface area contributed by atoms with Crippen LogP contribution in [0, 0.1) is 0 Å². The number of hydrogen-bond acceptors (Lipinski definition) is 4. The second-order valence-corrected chi connectivity index (χ2v) is 8.37. The van der Waals surface area contributed by atoms with E-state index in [1.54, 1.807) is 0 Å². The molecule has 0 unspecified atom stereocenters. The summed E-state index contributed by atoms with van der Waals surface area (Å²) in [6.07, 6.45) is -3.86. The average Bonchev–Trinajstić information content (AvgIpc) is 2.78. The number of benzene rings is 2. The summed E-state index contributed by atoms with van der Waals surface area (Å²) < 4.78 is 90.7. The molecule has 0 spiro atoms. The Morgan fingerprint density at radius 1 is 1.15 bits per heavy atom. The molecule has 0 bridgehead atoms. The lowest BCUT2D eigenvalue weighted by Gasteiger charge is -2.18. The van der Waals surface area contributed by atoms with Crippen molar-refractivity contribution in [1.29, 1.82) is 0 Å². The average molecular weight is 428 g/mol. The first-order valence-electron chi connectivity index (χ1n) is 7.36. The third kappa shape index (κ3) is 3.05. The Labute approximate surface area is 155 Å². The number of sulfone groups is 1. The summed E-state index contributed by atoms with van der Waals surface area (Å²) in [6, 6.07) is 5.60. The zero-order valence-electron chi connectivity index (χ0n) is 13.2. The third-order valence-corrected chi connectivity index (χ3v) is 6.08. The van der Waals surface area contributed by atoms with Crippen LogP contribution >= 0.6 is 11.6 Å². The molecule has 0 saturated heterocycles. The molecule has 2 aromatic carbocycles. The maximum Gasteiger partial charge on any atom is 0.501 e. The molecule has 0 saturated carbocycles. The van der Waals surface area contributed by atoms with Gasteiger partial charge in [-0.25, -0.2) is 17.2 Å². The Morgan fingerprint density at radius 2 is 1.78 bits per heavy atom. The van der Waals surface area contributed by atoms with Crippen LogP contribution in [0.25, 0.3) is 11.1 Å². The van der Waals surface area contributed by atoms with Gasteiger partial charge in [-0.15, -0.1) is 0 Å². The van der Waals surface area contributed by atoms with Crippen molar-refractivity contribution in [2.45, 2.75) is 28.9 Å². The number of nitrogens with two attached hydrogens (primary N) is 1. The molecule has 0 aliphatic heterocycles. The molecule has 3 N–H and O–H groups in total. The zero-order valence-corrected chi connectivity index (χ0v) is 14.8. The van der Waals surface area contributed by atoms with E-state index in [1.165, 1.54) is 18.2 Å². The minimum atomic E-state index is -5.95. The molecule has 0 aromatic heterocycles. The van der Waals surface area contributed by atoms with Gasteiger partial charge in [-0.1, -0.05) is 17.7 Å². The van der Waals surface area contributed by atoms with Gasteiger partial charge < -0.3 is 10.8 Å². The van der Waals surface area contributed by atoms with Crippen LogP contribution in [0.1, 0.15) is 17.2 Å². The number of halogens is 6. The first-order chi connectivity index (χ1) is 12.3. The van der Waals surface area contributed by atoms with Crippen molar-refractivity contribution in [1.82, 2.24) is 0 Å². The van der Waals surface area contributed by atoms with Gasteiger partial charge in [0.25, 0.3) is 15.8 Å². The first-order valence-corrected chi connectivity index (χ1v) is 9.22. The van der Waals surface area contributed by atoms with Crippen molar-refractivity contribution < 1.29 is 35.5 Å². The molecule has 0 amide bonds. The van der Waals surface area contributed by atoms with Gasteiger partial charge in [0.2, 0.25) is 0 Å². The Kier molecular flexibility index (Phi) is 4.44. The standard InChI is InChI=1S/C16H11ClF5NO3S/c17-7-1-3-11(23)9(5-7)8-2-4-12(27(25,26)16(20,21)22)13-10(8)6-15(18,19)14(13)24/h1-5,14,24H,6,23H2/t14-/m0/s1. The molecule has 27 heavy (non-hydrogen) atoms. The highest BCUT2D eigenvalue weighted by Gasteiger charge is 2.54. The van der Waals surface area contributed by atoms with Crippen LogP contribution in [0.2, 0.25) is 5.02 Å². The molecule has 4 nitrogen and oxygen atoms in total. The van der Waals surface area contributed by atoms with Crippen LogP contribution < -0.4 is 5.73 Å². The fraction of sp³-hybridized carbons (Fsp3) is 0.250. The van der Waals surface area contributed by atoms with E-state index in [9.17, 15) is 35.5 Å². The van der Waals surface area contributed by atoms with Gasteiger partial charge in [-0.3, -0.25) is 0 Å². The summed E-state index contributed by atoms with van der Waals surface area (Å²) in [4.78, 5) is -1.40. The number of aliphatic hydroxyl groups excluding tert-OH is 1. The van der Waals surface area contributed by atoms with Crippen LogP contribution in [0.5, 0.6) is 0 Å². The maximum atomic E-state index is 14.1. The molecule has 2 aromatic rings. The van der Waals surface area contributed by atoms with Crippen molar-refractivity contribution in [2.75, 3.05) is 5.73 Å². The lowest BCUT2D eigenvalue weighted by Crippen LogP contribution is -2.26. The van der Waals surface area contributed by atoms with E-state index in [2.05, 4.69) is 0 Å². The number of fused-ring (bicyclic) bond motifs is 1. The molecule has 0 fully saturated rings. The lowest BCUT2D eigenvalue weighted by atomic mass is 9.95. The number of nitrogen functional groups attached to an aromatic ring is 1. The number of anilines is 1. The van der Waals surface area contributed by atoms with Gasteiger partial charge in [0.15, 0.2) is 0 Å². The second kappa shape index (κ2) is 6.05. The van der Waals surface area contributed by atoms with E-state index >= 15 is 0 Å². The second-order valence-electron chi connectivity index (χ2n) is 6.02. The smallest absolute Gasteiger partial charge is 0.398 e. The van der Waals surface area contributed by atoms with E-state index in [4.69, 9.17) is 17.3 Å². The van der Waals surface area contributed by atoms with Crippen molar-refractivity contribution in [3.05, 3.63) is 46.5 Å². The molecule has 0 heterocycles. The third-order valence-electron chi connectivity index (χ3n) is 4.30. The predicted molar refractivity (Wildman–Crippen MR) is 88.2 cm³/mol. The molecule has 1 aliphatic rings. The highest BCUT2D eigenvalue weighted by molar-refractivity contribution is 7.92. The molecular formula is C16H11ClF5NO3S. The highest BCUT2D eigenvalue weighted by Crippen LogP contribution is 2.51. The summed E-state index contributed by atoms with van der Waals surface area (Å²) in [6.45, 7) is 0. The molecular weight excluding hydrogens is 417 g/mol. The van der Waals surface area contributed by atoms with Gasteiger partial charge in [0.1, 0.15) is 6.10 Å². The highest BCUT2D eigenvalue weighted by atomic mass is 35.5. The van der Waals surface area contributed by atoms with Crippen molar-refractivity contribution in [3.63, 3.8) is 0 Å². The molecule has 0 radical (unpaired) electrons. The Morgan fingerprint density at radius 3 is 2.37 bits per heavy atom. The fourth-order valence-corrected chi connectivity index (χ4v) is 4.24. The predicted octanol–water partition coefficient (Wildman–Crippen LogP) is 4.11. The van der Waals surface area contributed by atoms with Crippen LogP contribution in [0.15, 0.2) is 35.2 Å². The Bertz CT molecular complexity index is 1040. The topological polar surface area (TPSA) is 80.4 Å². The van der Waals surface area contributed by atoms with E-state index in [1.807, 2.05) is 0 Å². The van der Waals surface area contributed by atoms with Gasteiger partial charge in [0, 0.05) is 28.3 Å². The summed E-state index contributed by atoms with van der Waals surface area (Å²) in [5.74, 6) is -3.85. The van der Waals surface area contributed by atoms with Crippen LogP contribution in [-0.2, 0) is 16.3 Å². The van der Waals surface area contributed by atoms with Gasteiger partial charge in [0.05, 0.1) is 4.90 Å². The van der Waals surface area contributed by atoms with Crippen LogP contribution in [0.4, 0.5) is 27.6 Å². The van der Waals surface area contributed by atoms with E-state index in [0.717, 1.165) is 6.07 Å².